The first kappa shape index (κ1) is 10.4. The molecule has 0 saturated heterocycles. The summed E-state index contributed by atoms with van der Waals surface area (Å²) in [6.45, 7) is 8.62. The number of hydrogen-bond acceptors (Lipinski definition) is 1. The van der Waals surface area contributed by atoms with E-state index in [1.165, 1.54) is 5.57 Å². The summed E-state index contributed by atoms with van der Waals surface area (Å²) in [5, 5.41) is 9.62. The first-order chi connectivity index (χ1) is 6.02. The molecule has 0 aromatic rings. The lowest BCUT2D eigenvalue weighted by Crippen LogP contribution is -2.17. The van der Waals surface area contributed by atoms with Crippen LogP contribution in [0.5, 0.6) is 0 Å². The Morgan fingerprint density at radius 1 is 1.15 bits per heavy atom. The number of hydrogen-bond donors (Lipinski definition) is 1. The maximum Gasteiger partial charge on any atom is 0.0962 e. The van der Waals surface area contributed by atoms with Crippen molar-refractivity contribution < 1.29 is 5.11 Å². The topological polar surface area (TPSA) is 20.2 Å². The van der Waals surface area contributed by atoms with E-state index in [-0.39, 0.29) is 5.92 Å². The summed E-state index contributed by atoms with van der Waals surface area (Å²) in [7, 11) is 0. The summed E-state index contributed by atoms with van der Waals surface area (Å²) in [5.74, 6) is 1.73. The normalized spacial score (nSPS) is 23.4. The highest BCUT2D eigenvalue weighted by Crippen LogP contribution is 2.31. The zero-order valence-corrected chi connectivity index (χ0v) is 8.91. The van der Waals surface area contributed by atoms with Crippen LogP contribution in [0.3, 0.4) is 0 Å². The molecule has 1 atom stereocenters. The van der Waals surface area contributed by atoms with Crippen molar-refractivity contribution in [2.24, 2.45) is 17.8 Å². The fraction of sp³-hybridized carbons (Fsp3) is 0.583. The molecule has 1 heteroatoms. The first-order valence-electron chi connectivity index (χ1n) is 4.98. The van der Waals surface area contributed by atoms with Gasteiger partial charge in [0.1, 0.15) is 0 Å². The molecule has 1 aliphatic carbocycles. The Morgan fingerprint density at radius 2 is 1.77 bits per heavy atom. The van der Waals surface area contributed by atoms with Gasteiger partial charge in [0.2, 0.25) is 0 Å². The van der Waals surface area contributed by atoms with Crippen LogP contribution < -0.4 is 0 Å². The summed E-state index contributed by atoms with van der Waals surface area (Å²) in [5.41, 5.74) is 1.33. The Balaban J connectivity index is 2.77. The van der Waals surface area contributed by atoms with Crippen molar-refractivity contribution in [3.05, 3.63) is 29.9 Å². The highest BCUT2D eigenvalue weighted by atomic mass is 16.3. The molecule has 1 radical (unpaired) electrons. The van der Waals surface area contributed by atoms with E-state index in [0.29, 0.717) is 17.6 Å². The van der Waals surface area contributed by atoms with Gasteiger partial charge in [0.15, 0.2) is 0 Å². The molecule has 1 N–H and O–H groups in total. The Labute approximate surface area is 81.2 Å². The van der Waals surface area contributed by atoms with E-state index < -0.39 is 0 Å². The molecule has 0 heterocycles. The minimum absolute atomic E-state index is 0.211. The molecule has 0 aromatic carbocycles. The van der Waals surface area contributed by atoms with Gasteiger partial charge in [0, 0.05) is 5.92 Å². The van der Waals surface area contributed by atoms with Crippen molar-refractivity contribution in [3.63, 3.8) is 0 Å². The molecule has 0 fully saturated rings. The van der Waals surface area contributed by atoms with Crippen molar-refractivity contribution in [3.8, 4) is 0 Å². The molecule has 1 aliphatic rings. The molecule has 1 rings (SSSR count). The molecule has 13 heavy (non-hydrogen) atoms. The van der Waals surface area contributed by atoms with Crippen molar-refractivity contribution >= 4 is 0 Å². The van der Waals surface area contributed by atoms with Crippen molar-refractivity contribution in [2.45, 2.75) is 27.7 Å². The van der Waals surface area contributed by atoms with Gasteiger partial charge in [-0.05, 0) is 24.3 Å². The van der Waals surface area contributed by atoms with Gasteiger partial charge in [-0.3, -0.25) is 0 Å². The zero-order chi connectivity index (χ0) is 10.0. The molecule has 1 unspecified atom stereocenters. The number of rotatable bonds is 2. The standard InChI is InChI=1S/C12H19O/c1-8(2)10-5-6-12(13)11(7-10)9(3)4/h5-9,11,13H,1-4H3. The monoisotopic (exact) mass is 179 g/mol. The fourth-order valence-electron chi connectivity index (χ4n) is 1.56. The maximum atomic E-state index is 9.62. The fourth-order valence-corrected chi connectivity index (χ4v) is 1.56. The van der Waals surface area contributed by atoms with Crippen LogP contribution >= 0.6 is 0 Å². The Bertz CT molecular complexity index is 234. The summed E-state index contributed by atoms with van der Waals surface area (Å²) in [4.78, 5) is 0. The molecule has 0 bridgehead atoms. The van der Waals surface area contributed by atoms with E-state index in [4.69, 9.17) is 0 Å². The van der Waals surface area contributed by atoms with Crippen molar-refractivity contribution in [1.29, 1.82) is 0 Å². The van der Waals surface area contributed by atoms with Crippen LogP contribution in [0.25, 0.3) is 0 Å². The second-order valence-electron chi connectivity index (χ2n) is 4.35. The summed E-state index contributed by atoms with van der Waals surface area (Å²) in [6, 6.07) is 0. The Morgan fingerprint density at radius 3 is 2.23 bits per heavy atom. The summed E-state index contributed by atoms with van der Waals surface area (Å²) in [6.07, 6.45) is 6.03. The van der Waals surface area contributed by atoms with Crippen LogP contribution in [0.2, 0.25) is 0 Å². The van der Waals surface area contributed by atoms with Crippen LogP contribution in [0.15, 0.2) is 23.5 Å². The molecule has 0 aliphatic heterocycles. The van der Waals surface area contributed by atoms with Gasteiger partial charge in [0.05, 0.1) is 5.76 Å². The van der Waals surface area contributed by atoms with Gasteiger partial charge < -0.3 is 5.11 Å². The average molecular weight is 179 g/mol. The van der Waals surface area contributed by atoms with Gasteiger partial charge in [-0.25, -0.2) is 0 Å². The second-order valence-corrected chi connectivity index (χ2v) is 4.35. The summed E-state index contributed by atoms with van der Waals surface area (Å²) < 4.78 is 0. The van der Waals surface area contributed by atoms with Crippen LogP contribution in [0, 0.1) is 24.2 Å². The quantitative estimate of drug-likeness (QED) is 0.688. The predicted octanol–water partition coefficient (Wildman–Crippen LogP) is 3.50. The minimum Gasteiger partial charge on any atom is -0.512 e. The lowest BCUT2D eigenvalue weighted by molar-refractivity contribution is 0.303. The number of allylic oxidation sites excluding steroid dienone is 4. The smallest absolute Gasteiger partial charge is 0.0962 e. The number of aliphatic hydroxyl groups excluding tert-OH is 1. The van der Waals surface area contributed by atoms with Crippen LogP contribution in [-0.2, 0) is 0 Å². The van der Waals surface area contributed by atoms with E-state index >= 15 is 0 Å². The molecular weight excluding hydrogens is 160 g/mol. The van der Waals surface area contributed by atoms with Crippen LogP contribution in [-0.4, -0.2) is 5.11 Å². The molecular formula is C12H19O. The molecule has 0 saturated carbocycles. The second kappa shape index (κ2) is 3.99. The van der Waals surface area contributed by atoms with Gasteiger partial charge >= 0.3 is 0 Å². The SMILES string of the molecule is CC(C)C1=CC=C(O)C(C(C)C)[CH]1. The molecule has 0 aromatic heterocycles. The number of aliphatic hydroxyl groups is 1. The highest BCUT2D eigenvalue weighted by Gasteiger charge is 2.23. The van der Waals surface area contributed by atoms with Crippen LogP contribution in [0.4, 0.5) is 0 Å². The van der Waals surface area contributed by atoms with E-state index in [2.05, 4.69) is 34.1 Å². The first-order valence-corrected chi connectivity index (χ1v) is 4.98. The van der Waals surface area contributed by atoms with Gasteiger partial charge in [-0.2, -0.15) is 0 Å². The predicted molar refractivity (Wildman–Crippen MR) is 56.3 cm³/mol. The molecule has 0 amide bonds. The maximum absolute atomic E-state index is 9.62. The highest BCUT2D eigenvalue weighted by molar-refractivity contribution is 5.32. The molecule has 1 nitrogen and oxygen atoms in total. The third-order valence-electron chi connectivity index (χ3n) is 2.54. The van der Waals surface area contributed by atoms with Gasteiger partial charge in [-0.15, -0.1) is 0 Å². The zero-order valence-electron chi connectivity index (χ0n) is 8.91. The van der Waals surface area contributed by atoms with E-state index in [9.17, 15) is 5.11 Å². The van der Waals surface area contributed by atoms with E-state index in [0.717, 1.165) is 0 Å². The van der Waals surface area contributed by atoms with E-state index in [1.54, 1.807) is 0 Å². The van der Waals surface area contributed by atoms with E-state index in [1.807, 2.05) is 12.2 Å². The lowest BCUT2D eigenvalue weighted by Gasteiger charge is -2.25. The van der Waals surface area contributed by atoms with Gasteiger partial charge in [0.25, 0.3) is 0 Å². The lowest BCUT2D eigenvalue weighted by atomic mass is 9.81. The summed E-state index contributed by atoms with van der Waals surface area (Å²) >= 11 is 0. The molecule has 73 valence electrons. The largest absolute Gasteiger partial charge is 0.512 e. The van der Waals surface area contributed by atoms with Gasteiger partial charge in [-0.1, -0.05) is 39.3 Å². The van der Waals surface area contributed by atoms with Crippen molar-refractivity contribution in [1.82, 2.24) is 0 Å². The third-order valence-corrected chi connectivity index (χ3v) is 2.54. The van der Waals surface area contributed by atoms with Crippen LogP contribution in [0.1, 0.15) is 27.7 Å². The average Bonchev–Trinajstić information content (AvgIpc) is 2.04. The Kier molecular flexibility index (Phi) is 3.18. The van der Waals surface area contributed by atoms with Crippen molar-refractivity contribution in [2.75, 3.05) is 0 Å². The molecule has 0 spiro atoms. The Hall–Kier alpha value is -0.720. The third kappa shape index (κ3) is 2.36. The minimum atomic E-state index is 0.211.